The molecule has 3 amide bonds. The number of nitrogens with zero attached hydrogens (tertiary/aromatic N) is 2. The Labute approximate surface area is 221 Å². The van der Waals surface area contributed by atoms with E-state index in [2.05, 4.69) is 5.32 Å². The molecule has 8 nitrogen and oxygen atoms in total. The zero-order valence-electron chi connectivity index (χ0n) is 20.2. The first-order valence-corrected chi connectivity index (χ1v) is 13.9. The monoisotopic (exact) mass is 553 g/mol. The summed E-state index contributed by atoms with van der Waals surface area (Å²) in [6.45, 7) is 4.07. The van der Waals surface area contributed by atoms with E-state index in [4.69, 9.17) is 23.2 Å². The molecule has 1 heterocycles. The highest BCUT2D eigenvalue weighted by Gasteiger charge is 2.40. The summed E-state index contributed by atoms with van der Waals surface area (Å²) in [5, 5.41) is 3.65. The number of halogens is 2. The van der Waals surface area contributed by atoms with Crippen LogP contribution in [0.4, 0.5) is 0 Å². The quantitative estimate of drug-likeness (QED) is 0.419. The number of rotatable bonds is 11. The summed E-state index contributed by atoms with van der Waals surface area (Å²) in [5.41, 5.74) is 0.746. The van der Waals surface area contributed by atoms with Crippen LogP contribution in [0.3, 0.4) is 0 Å². The molecule has 0 saturated carbocycles. The first kappa shape index (κ1) is 28.0. The van der Waals surface area contributed by atoms with E-state index in [0.29, 0.717) is 22.2 Å². The smallest absolute Gasteiger partial charge is 0.269 e. The van der Waals surface area contributed by atoms with Crippen LogP contribution in [0.5, 0.6) is 0 Å². The predicted molar refractivity (Wildman–Crippen MR) is 138 cm³/mol. The van der Waals surface area contributed by atoms with Crippen molar-refractivity contribution in [3.63, 3.8) is 0 Å². The van der Waals surface area contributed by atoms with Crippen LogP contribution in [-0.4, -0.2) is 54.5 Å². The van der Waals surface area contributed by atoms with E-state index in [-0.39, 0.29) is 48.2 Å². The Balaban J connectivity index is 1.72. The Morgan fingerprint density at radius 2 is 1.83 bits per heavy atom. The maximum atomic E-state index is 13.3. The zero-order chi connectivity index (χ0) is 26.5. The predicted octanol–water partition coefficient (Wildman–Crippen LogP) is 4.25. The summed E-state index contributed by atoms with van der Waals surface area (Å²) in [7, 11) is -3.95. The number of benzene rings is 2. The van der Waals surface area contributed by atoms with Crippen LogP contribution in [-0.2, 0) is 26.2 Å². The van der Waals surface area contributed by atoms with Crippen molar-refractivity contribution < 1.29 is 22.8 Å². The van der Waals surface area contributed by atoms with Gasteiger partial charge in [0.15, 0.2) is 0 Å². The van der Waals surface area contributed by atoms with Gasteiger partial charge in [0.1, 0.15) is 10.9 Å². The van der Waals surface area contributed by atoms with Crippen molar-refractivity contribution in [1.82, 2.24) is 14.5 Å². The summed E-state index contributed by atoms with van der Waals surface area (Å²) in [5.74, 6) is -1.26. The van der Waals surface area contributed by atoms with Crippen LogP contribution < -0.4 is 5.32 Å². The van der Waals surface area contributed by atoms with Crippen LogP contribution in [0.2, 0.25) is 10.0 Å². The number of carbonyl (C=O) groups excluding carboxylic acids is 3. The molecule has 36 heavy (non-hydrogen) atoms. The molecule has 0 spiro atoms. The number of hydrogen-bond donors (Lipinski definition) is 1. The number of sulfonamides is 1. The molecule has 0 bridgehead atoms. The third kappa shape index (κ3) is 6.19. The van der Waals surface area contributed by atoms with Gasteiger partial charge in [-0.05, 0) is 49.6 Å². The molecule has 1 aliphatic heterocycles. The molecule has 0 radical (unpaired) electrons. The number of fused-ring (bicyclic) bond motifs is 1. The van der Waals surface area contributed by atoms with E-state index in [0.717, 1.165) is 17.1 Å². The van der Waals surface area contributed by atoms with Crippen LogP contribution in [0.1, 0.15) is 55.5 Å². The molecule has 0 aliphatic carbocycles. The second-order valence-corrected chi connectivity index (χ2v) is 11.2. The van der Waals surface area contributed by atoms with Gasteiger partial charge in [0.25, 0.3) is 15.9 Å². The molecule has 1 aliphatic rings. The van der Waals surface area contributed by atoms with Crippen molar-refractivity contribution in [3.05, 3.63) is 63.6 Å². The fraction of sp³-hybridized carbons (Fsp3) is 0.400. The molecule has 3 rings (SSSR count). The van der Waals surface area contributed by atoms with Gasteiger partial charge in [-0.15, -0.1) is 0 Å². The lowest BCUT2D eigenvalue weighted by Crippen LogP contribution is -2.48. The van der Waals surface area contributed by atoms with Gasteiger partial charge in [-0.1, -0.05) is 54.7 Å². The first-order valence-electron chi connectivity index (χ1n) is 11.7. The zero-order valence-corrected chi connectivity index (χ0v) is 22.5. The number of hydrogen-bond acceptors (Lipinski definition) is 5. The second-order valence-electron chi connectivity index (χ2n) is 8.56. The molecule has 0 saturated heterocycles. The summed E-state index contributed by atoms with van der Waals surface area (Å²) < 4.78 is 26.3. The number of amides is 3. The highest BCUT2D eigenvalue weighted by Crippen LogP contribution is 2.30. The van der Waals surface area contributed by atoms with Gasteiger partial charge in [-0.25, -0.2) is 12.7 Å². The van der Waals surface area contributed by atoms with E-state index >= 15 is 0 Å². The van der Waals surface area contributed by atoms with Gasteiger partial charge in [0.05, 0.1) is 5.56 Å². The number of unbranched alkanes of at least 4 members (excludes halogenated alkanes) is 1. The lowest BCUT2D eigenvalue weighted by atomic mass is 10.1. The standard InChI is InChI=1S/C25H29Cl2N3O5S/c1-3-4-13-28-24(32)17(2)29(16-18-11-12-19(26)15-21(18)27)23(31)10-7-14-30-25(33)20-8-5-6-9-22(20)36(30,34)35/h5-6,8-9,11-12,15,17H,3-4,7,10,13-14,16H2,1-2H3,(H,28,32). The van der Waals surface area contributed by atoms with E-state index in [1.165, 1.54) is 17.0 Å². The van der Waals surface area contributed by atoms with Crippen molar-refractivity contribution in [2.24, 2.45) is 0 Å². The first-order chi connectivity index (χ1) is 17.1. The van der Waals surface area contributed by atoms with Gasteiger partial charge < -0.3 is 10.2 Å². The Morgan fingerprint density at radius 1 is 1.11 bits per heavy atom. The van der Waals surface area contributed by atoms with Crippen molar-refractivity contribution in [1.29, 1.82) is 0 Å². The van der Waals surface area contributed by atoms with Crippen molar-refractivity contribution in [2.75, 3.05) is 13.1 Å². The maximum Gasteiger partial charge on any atom is 0.269 e. The molecule has 2 aromatic carbocycles. The SMILES string of the molecule is CCCCNC(=O)C(C)N(Cc1ccc(Cl)cc1Cl)C(=O)CCCN1C(=O)c2ccccc2S1(=O)=O. The summed E-state index contributed by atoms with van der Waals surface area (Å²) in [4.78, 5) is 40.0. The lowest BCUT2D eigenvalue weighted by Gasteiger charge is -2.29. The average Bonchev–Trinajstić information content (AvgIpc) is 3.03. The Morgan fingerprint density at radius 3 is 2.50 bits per heavy atom. The van der Waals surface area contributed by atoms with Crippen molar-refractivity contribution in [2.45, 2.75) is 57.0 Å². The minimum atomic E-state index is -3.95. The van der Waals surface area contributed by atoms with Crippen LogP contribution in [0, 0.1) is 0 Å². The van der Waals surface area contributed by atoms with Gasteiger partial charge in [0, 0.05) is 36.1 Å². The summed E-state index contributed by atoms with van der Waals surface area (Å²) in [6, 6.07) is 10.1. The second kappa shape index (κ2) is 12.1. The summed E-state index contributed by atoms with van der Waals surface area (Å²) >= 11 is 12.3. The lowest BCUT2D eigenvalue weighted by molar-refractivity contribution is -0.140. The van der Waals surface area contributed by atoms with Crippen molar-refractivity contribution >= 4 is 50.9 Å². The van der Waals surface area contributed by atoms with Gasteiger partial charge in [0.2, 0.25) is 11.8 Å². The van der Waals surface area contributed by atoms with Crippen LogP contribution >= 0.6 is 23.2 Å². The Hall–Kier alpha value is -2.62. The van der Waals surface area contributed by atoms with E-state index in [1.54, 1.807) is 37.3 Å². The molecule has 1 unspecified atom stereocenters. The van der Waals surface area contributed by atoms with Crippen molar-refractivity contribution in [3.8, 4) is 0 Å². The molecule has 194 valence electrons. The minimum Gasteiger partial charge on any atom is -0.354 e. The van der Waals surface area contributed by atoms with Crippen LogP contribution in [0.25, 0.3) is 0 Å². The number of nitrogens with one attached hydrogen (secondary N) is 1. The average molecular weight is 554 g/mol. The molecule has 0 aromatic heterocycles. The normalized spacial score (nSPS) is 14.9. The molecule has 1 atom stereocenters. The van der Waals surface area contributed by atoms with Crippen LogP contribution in [0.15, 0.2) is 47.4 Å². The molecule has 2 aromatic rings. The third-order valence-corrected chi connectivity index (χ3v) is 8.44. The topological polar surface area (TPSA) is 104 Å². The highest BCUT2D eigenvalue weighted by atomic mass is 35.5. The van der Waals surface area contributed by atoms with Gasteiger partial charge in [-0.3, -0.25) is 14.4 Å². The van der Waals surface area contributed by atoms with E-state index in [9.17, 15) is 22.8 Å². The molecule has 11 heteroatoms. The third-order valence-electron chi connectivity index (χ3n) is 6.02. The molecule has 0 fully saturated rings. The largest absolute Gasteiger partial charge is 0.354 e. The molecular weight excluding hydrogens is 525 g/mol. The fourth-order valence-corrected chi connectivity index (χ4v) is 6.00. The Kier molecular flexibility index (Phi) is 9.38. The maximum absolute atomic E-state index is 13.3. The molecular formula is C25H29Cl2N3O5S. The number of carbonyl (C=O) groups is 3. The van der Waals surface area contributed by atoms with E-state index in [1.807, 2.05) is 6.92 Å². The molecule has 1 N–H and O–H groups in total. The fourth-order valence-electron chi connectivity index (χ4n) is 3.92. The van der Waals surface area contributed by atoms with Gasteiger partial charge >= 0.3 is 0 Å². The highest BCUT2D eigenvalue weighted by molar-refractivity contribution is 7.90. The van der Waals surface area contributed by atoms with Gasteiger partial charge in [-0.2, -0.15) is 0 Å². The Bertz CT molecular complexity index is 1250. The van der Waals surface area contributed by atoms with E-state index < -0.39 is 22.0 Å². The minimum absolute atomic E-state index is 0.0299. The summed E-state index contributed by atoms with van der Waals surface area (Å²) in [6.07, 6.45) is 1.77.